The number of rotatable bonds is 3. The highest BCUT2D eigenvalue weighted by atomic mass is 79.9. The highest BCUT2D eigenvalue weighted by Crippen LogP contribution is 2.21. The van der Waals surface area contributed by atoms with Crippen LogP contribution in [0.15, 0.2) is 35.6 Å². The largest absolute Gasteiger partial charge is 0.330 e. The van der Waals surface area contributed by atoms with E-state index in [2.05, 4.69) is 27.5 Å². The summed E-state index contributed by atoms with van der Waals surface area (Å²) in [5.41, 5.74) is 0.324. The first-order chi connectivity index (χ1) is 7.88. The molecule has 0 saturated heterocycles. The number of hydrogen-bond donors (Lipinski definition) is 0. The third kappa shape index (κ3) is 3.40. The summed E-state index contributed by atoms with van der Waals surface area (Å²) in [6.45, 7) is 10.2. The molecule has 1 heterocycles. The number of carbonyl (C=O) groups excluding carboxylic acids is 1. The summed E-state index contributed by atoms with van der Waals surface area (Å²) in [4.78, 5) is 18.2. The molecular weight excluding hydrogens is 280 g/mol. The standard InChI is InChI=1S/C13H17BrN2O/c1-5-9-16(13(2,3)4)12(17)10-7-6-8-15-11(10)14/h5-8H,1,9H2,2-4H3. The quantitative estimate of drug-likeness (QED) is 0.633. The van der Waals surface area contributed by atoms with E-state index in [0.29, 0.717) is 16.7 Å². The summed E-state index contributed by atoms with van der Waals surface area (Å²) in [6.07, 6.45) is 3.38. The van der Waals surface area contributed by atoms with Crippen LogP contribution < -0.4 is 0 Å². The third-order valence-electron chi connectivity index (χ3n) is 2.36. The first-order valence-electron chi connectivity index (χ1n) is 5.41. The number of hydrogen-bond acceptors (Lipinski definition) is 2. The predicted molar refractivity (Wildman–Crippen MR) is 72.9 cm³/mol. The Labute approximate surface area is 111 Å². The van der Waals surface area contributed by atoms with Crippen molar-refractivity contribution in [1.29, 1.82) is 0 Å². The molecule has 0 aliphatic carbocycles. The Hall–Kier alpha value is -1.16. The van der Waals surface area contributed by atoms with Crippen molar-refractivity contribution in [3.05, 3.63) is 41.2 Å². The van der Waals surface area contributed by atoms with Crippen molar-refractivity contribution in [2.45, 2.75) is 26.3 Å². The molecule has 0 saturated carbocycles. The summed E-state index contributed by atoms with van der Waals surface area (Å²) < 4.78 is 0.573. The van der Waals surface area contributed by atoms with Gasteiger partial charge in [-0.15, -0.1) is 6.58 Å². The van der Waals surface area contributed by atoms with Crippen LogP contribution >= 0.6 is 15.9 Å². The Bertz CT molecular complexity index is 424. The van der Waals surface area contributed by atoms with Gasteiger partial charge >= 0.3 is 0 Å². The molecule has 1 amide bonds. The summed E-state index contributed by atoms with van der Waals surface area (Å²) in [6, 6.07) is 3.52. The molecule has 0 aliphatic heterocycles. The Morgan fingerprint density at radius 1 is 1.59 bits per heavy atom. The van der Waals surface area contributed by atoms with Crippen molar-refractivity contribution < 1.29 is 4.79 Å². The van der Waals surface area contributed by atoms with Gasteiger partial charge in [-0.1, -0.05) is 6.08 Å². The lowest BCUT2D eigenvalue weighted by molar-refractivity contribution is 0.0615. The fourth-order valence-corrected chi connectivity index (χ4v) is 1.90. The van der Waals surface area contributed by atoms with Crippen LogP contribution in [0.3, 0.4) is 0 Å². The second-order valence-electron chi connectivity index (χ2n) is 4.72. The first-order valence-corrected chi connectivity index (χ1v) is 6.20. The lowest BCUT2D eigenvalue weighted by Crippen LogP contribution is -2.45. The molecule has 0 aromatic carbocycles. The van der Waals surface area contributed by atoms with Gasteiger partial charge in [0.2, 0.25) is 0 Å². The molecule has 0 radical (unpaired) electrons. The average molecular weight is 297 g/mol. The lowest BCUT2D eigenvalue weighted by Gasteiger charge is -2.35. The minimum Gasteiger partial charge on any atom is -0.330 e. The topological polar surface area (TPSA) is 33.2 Å². The molecule has 1 aromatic heterocycles. The maximum Gasteiger partial charge on any atom is 0.257 e. The molecule has 92 valence electrons. The van der Waals surface area contributed by atoms with Crippen molar-refractivity contribution in [3.8, 4) is 0 Å². The zero-order valence-electron chi connectivity index (χ0n) is 10.4. The number of nitrogens with zero attached hydrogens (tertiary/aromatic N) is 2. The fourth-order valence-electron chi connectivity index (χ4n) is 1.48. The number of carbonyl (C=O) groups is 1. The van der Waals surface area contributed by atoms with Crippen molar-refractivity contribution in [2.75, 3.05) is 6.54 Å². The van der Waals surface area contributed by atoms with Crippen molar-refractivity contribution in [1.82, 2.24) is 9.88 Å². The molecular formula is C13H17BrN2O. The number of amides is 1. The Morgan fingerprint density at radius 3 is 2.71 bits per heavy atom. The molecule has 17 heavy (non-hydrogen) atoms. The lowest BCUT2D eigenvalue weighted by atomic mass is 10.0. The first kappa shape index (κ1) is 13.9. The SMILES string of the molecule is C=CCN(C(=O)c1cccnc1Br)C(C)(C)C. The fraction of sp³-hybridized carbons (Fsp3) is 0.385. The predicted octanol–water partition coefficient (Wildman–Crippen LogP) is 3.27. The second-order valence-corrected chi connectivity index (χ2v) is 5.47. The molecule has 0 spiro atoms. The van der Waals surface area contributed by atoms with Gasteiger partial charge in [0.15, 0.2) is 0 Å². The van der Waals surface area contributed by atoms with Crippen molar-refractivity contribution >= 4 is 21.8 Å². The molecule has 0 bridgehead atoms. The van der Waals surface area contributed by atoms with E-state index >= 15 is 0 Å². The summed E-state index contributed by atoms with van der Waals surface area (Å²) >= 11 is 3.30. The second kappa shape index (κ2) is 5.45. The smallest absolute Gasteiger partial charge is 0.257 e. The van der Waals surface area contributed by atoms with Crippen LogP contribution in [-0.2, 0) is 0 Å². The zero-order chi connectivity index (χ0) is 13.1. The molecule has 0 aliphatic rings. The monoisotopic (exact) mass is 296 g/mol. The third-order valence-corrected chi connectivity index (χ3v) is 2.99. The van der Waals surface area contributed by atoms with Gasteiger partial charge in [0.1, 0.15) is 4.60 Å². The summed E-state index contributed by atoms with van der Waals surface area (Å²) in [7, 11) is 0. The maximum atomic E-state index is 12.4. The van der Waals surface area contributed by atoms with Gasteiger partial charge in [-0.25, -0.2) is 4.98 Å². The molecule has 1 rings (SSSR count). The van der Waals surface area contributed by atoms with Crippen LogP contribution in [0.2, 0.25) is 0 Å². The van der Waals surface area contributed by atoms with Gasteiger partial charge in [-0.3, -0.25) is 4.79 Å². The minimum atomic E-state index is -0.249. The Morgan fingerprint density at radius 2 is 2.24 bits per heavy atom. The highest BCUT2D eigenvalue weighted by Gasteiger charge is 2.27. The maximum absolute atomic E-state index is 12.4. The van der Waals surface area contributed by atoms with Gasteiger partial charge < -0.3 is 4.90 Å². The van der Waals surface area contributed by atoms with E-state index in [0.717, 1.165) is 0 Å². The zero-order valence-corrected chi connectivity index (χ0v) is 12.0. The van der Waals surface area contributed by atoms with Crippen LogP contribution in [0.4, 0.5) is 0 Å². The van der Waals surface area contributed by atoms with E-state index in [1.165, 1.54) is 0 Å². The van der Waals surface area contributed by atoms with E-state index in [1.807, 2.05) is 20.8 Å². The number of aromatic nitrogens is 1. The summed E-state index contributed by atoms with van der Waals surface area (Å²) in [5.74, 6) is -0.0441. The van der Waals surface area contributed by atoms with E-state index in [9.17, 15) is 4.79 Å². The summed E-state index contributed by atoms with van der Waals surface area (Å²) in [5, 5.41) is 0. The molecule has 4 heteroatoms. The van der Waals surface area contributed by atoms with Crippen LogP contribution in [0.5, 0.6) is 0 Å². The highest BCUT2D eigenvalue weighted by molar-refractivity contribution is 9.10. The van der Waals surface area contributed by atoms with Gasteiger partial charge in [-0.05, 0) is 48.8 Å². The molecule has 0 fully saturated rings. The Balaban J connectivity index is 3.09. The van der Waals surface area contributed by atoms with Crippen molar-refractivity contribution in [3.63, 3.8) is 0 Å². The molecule has 0 N–H and O–H groups in total. The molecule has 0 atom stereocenters. The van der Waals surface area contributed by atoms with Gasteiger partial charge in [-0.2, -0.15) is 0 Å². The molecule has 1 aromatic rings. The number of pyridine rings is 1. The van der Waals surface area contributed by atoms with E-state index in [4.69, 9.17) is 0 Å². The average Bonchev–Trinajstić information content (AvgIpc) is 2.24. The van der Waals surface area contributed by atoms with Crippen LogP contribution in [0.25, 0.3) is 0 Å². The van der Waals surface area contributed by atoms with Gasteiger partial charge in [0.05, 0.1) is 5.56 Å². The molecule has 3 nitrogen and oxygen atoms in total. The van der Waals surface area contributed by atoms with Crippen molar-refractivity contribution in [2.24, 2.45) is 0 Å². The Kier molecular flexibility index (Phi) is 4.46. The van der Waals surface area contributed by atoms with Gasteiger partial charge in [0, 0.05) is 18.3 Å². The number of halogens is 1. The van der Waals surface area contributed by atoms with E-state index < -0.39 is 0 Å². The van der Waals surface area contributed by atoms with E-state index in [1.54, 1.807) is 29.3 Å². The molecule has 0 unspecified atom stereocenters. The van der Waals surface area contributed by atoms with Crippen LogP contribution in [0.1, 0.15) is 31.1 Å². The normalized spacial score (nSPS) is 11.1. The van der Waals surface area contributed by atoms with Crippen LogP contribution in [-0.4, -0.2) is 27.9 Å². The minimum absolute atomic E-state index is 0.0441. The van der Waals surface area contributed by atoms with Gasteiger partial charge in [0.25, 0.3) is 5.91 Å². The van der Waals surface area contributed by atoms with E-state index in [-0.39, 0.29) is 11.4 Å². The van der Waals surface area contributed by atoms with Crippen LogP contribution in [0, 0.1) is 0 Å².